The van der Waals surface area contributed by atoms with Gasteiger partial charge in [-0.3, -0.25) is 9.59 Å². The third-order valence-corrected chi connectivity index (χ3v) is 4.62. The minimum Gasteiger partial charge on any atom is -0.494 e. The molecular formula is C19H25NO4. The number of rotatable bonds is 6. The second-order valence-corrected chi connectivity index (χ2v) is 6.57. The molecule has 0 bridgehead atoms. The van der Waals surface area contributed by atoms with Gasteiger partial charge in [-0.1, -0.05) is 6.42 Å². The summed E-state index contributed by atoms with van der Waals surface area (Å²) >= 11 is 0. The van der Waals surface area contributed by atoms with E-state index in [9.17, 15) is 9.59 Å². The molecule has 1 amide bonds. The molecule has 1 aromatic carbocycles. The molecule has 0 unspecified atom stereocenters. The van der Waals surface area contributed by atoms with Crippen molar-refractivity contribution in [3.05, 3.63) is 23.8 Å². The number of esters is 1. The van der Waals surface area contributed by atoms with Crippen LogP contribution in [0, 0.1) is 0 Å². The lowest BCUT2D eigenvalue weighted by Gasteiger charge is -2.21. The topological polar surface area (TPSA) is 64.6 Å². The summed E-state index contributed by atoms with van der Waals surface area (Å²) in [6.07, 6.45) is 8.04. The molecule has 5 heteroatoms. The number of amides is 1. The summed E-state index contributed by atoms with van der Waals surface area (Å²) in [4.78, 5) is 23.2. The lowest BCUT2D eigenvalue weighted by Crippen LogP contribution is -2.21. The largest absolute Gasteiger partial charge is 0.494 e. The van der Waals surface area contributed by atoms with Crippen LogP contribution in [0.5, 0.6) is 5.75 Å². The van der Waals surface area contributed by atoms with Crippen molar-refractivity contribution in [2.24, 2.45) is 0 Å². The van der Waals surface area contributed by atoms with Gasteiger partial charge in [0.2, 0.25) is 5.91 Å². The Bertz CT molecular complexity index is 593. The highest BCUT2D eigenvalue weighted by molar-refractivity contribution is 5.93. The van der Waals surface area contributed by atoms with Gasteiger partial charge in [-0.05, 0) is 62.3 Å². The van der Waals surface area contributed by atoms with Crippen molar-refractivity contribution in [1.29, 1.82) is 0 Å². The zero-order valence-electron chi connectivity index (χ0n) is 14.0. The van der Waals surface area contributed by atoms with Crippen molar-refractivity contribution < 1.29 is 19.1 Å². The fourth-order valence-corrected chi connectivity index (χ4v) is 3.28. The van der Waals surface area contributed by atoms with Crippen LogP contribution in [0.15, 0.2) is 18.2 Å². The summed E-state index contributed by atoms with van der Waals surface area (Å²) < 4.78 is 11.2. The molecule has 0 saturated heterocycles. The number of benzene rings is 1. The van der Waals surface area contributed by atoms with Crippen LogP contribution < -0.4 is 10.1 Å². The standard InChI is InChI=1S/C19H25NO4/c21-18-11-8-14-13-16(9-10-17(14)20-18)23-12-4-7-19(22)24-15-5-2-1-3-6-15/h9-10,13,15H,1-8,11-12H2,(H,20,21). The van der Waals surface area contributed by atoms with E-state index >= 15 is 0 Å². The molecule has 1 saturated carbocycles. The monoisotopic (exact) mass is 331 g/mol. The average molecular weight is 331 g/mol. The zero-order valence-corrected chi connectivity index (χ0v) is 14.0. The number of nitrogens with one attached hydrogen (secondary N) is 1. The number of hydrogen-bond acceptors (Lipinski definition) is 4. The molecule has 0 atom stereocenters. The summed E-state index contributed by atoms with van der Waals surface area (Å²) in [7, 11) is 0. The third kappa shape index (κ3) is 4.73. The summed E-state index contributed by atoms with van der Waals surface area (Å²) in [6.45, 7) is 0.491. The van der Waals surface area contributed by atoms with Crippen molar-refractivity contribution in [2.75, 3.05) is 11.9 Å². The molecule has 5 nitrogen and oxygen atoms in total. The van der Waals surface area contributed by atoms with Gasteiger partial charge < -0.3 is 14.8 Å². The van der Waals surface area contributed by atoms with E-state index in [1.165, 1.54) is 19.3 Å². The summed E-state index contributed by atoms with van der Waals surface area (Å²) in [5, 5.41) is 2.85. The first-order valence-electron chi connectivity index (χ1n) is 8.96. The van der Waals surface area contributed by atoms with E-state index in [0.29, 0.717) is 25.9 Å². The molecular weight excluding hydrogens is 306 g/mol. The van der Waals surface area contributed by atoms with Gasteiger partial charge in [-0.2, -0.15) is 0 Å². The summed E-state index contributed by atoms with van der Waals surface area (Å²) in [5.41, 5.74) is 1.97. The molecule has 1 N–H and O–H groups in total. The lowest BCUT2D eigenvalue weighted by molar-refractivity contribution is -0.150. The van der Waals surface area contributed by atoms with Crippen molar-refractivity contribution in [3.63, 3.8) is 0 Å². The highest BCUT2D eigenvalue weighted by Gasteiger charge is 2.17. The van der Waals surface area contributed by atoms with Crippen LogP contribution in [0.3, 0.4) is 0 Å². The summed E-state index contributed by atoms with van der Waals surface area (Å²) in [5.74, 6) is 0.733. The van der Waals surface area contributed by atoms with Crippen LogP contribution in [0.4, 0.5) is 5.69 Å². The Morgan fingerprint density at radius 1 is 1.17 bits per heavy atom. The number of carbonyl (C=O) groups excluding carboxylic acids is 2. The highest BCUT2D eigenvalue weighted by Crippen LogP contribution is 2.27. The Kier molecular flexibility index (Phi) is 5.72. The number of fused-ring (bicyclic) bond motifs is 1. The maximum atomic E-state index is 11.8. The molecule has 1 aliphatic carbocycles. The molecule has 3 rings (SSSR count). The maximum Gasteiger partial charge on any atom is 0.306 e. The molecule has 130 valence electrons. The van der Waals surface area contributed by atoms with Crippen molar-refractivity contribution in [1.82, 2.24) is 0 Å². The molecule has 0 spiro atoms. The van der Waals surface area contributed by atoms with Gasteiger partial charge >= 0.3 is 5.97 Å². The first-order chi connectivity index (χ1) is 11.7. The second kappa shape index (κ2) is 8.18. The van der Waals surface area contributed by atoms with Gasteiger partial charge in [-0.25, -0.2) is 0 Å². The Balaban J connectivity index is 1.37. The Labute approximate surface area is 142 Å². The maximum absolute atomic E-state index is 11.8. The van der Waals surface area contributed by atoms with E-state index in [1.54, 1.807) is 0 Å². The zero-order chi connectivity index (χ0) is 16.8. The van der Waals surface area contributed by atoms with Crippen molar-refractivity contribution in [3.8, 4) is 5.75 Å². The van der Waals surface area contributed by atoms with Gasteiger partial charge in [0.25, 0.3) is 0 Å². The molecule has 1 aromatic rings. The van der Waals surface area contributed by atoms with E-state index in [2.05, 4.69) is 5.32 Å². The molecule has 1 fully saturated rings. The predicted octanol–water partition coefficient (Wildman–Crippen LogP) is 3.61. The van der Waals surface area contributed by atoms with Gasteiger partial charge in [0.1, 0.15) is 11.9 Å². The van der Waals surface area contributed by atoms with E-state index in [4.69, 9.17) is 9.47 Å². The molecule has 24 heavy (non-hydrogen) atoms. The van der Waals surface area contributed by atoms with Gasteiger partial charge in [0.05, 0.1) is 6.61 Å². The Hall–Kier alpha value is -2.04. The fraction of sp³-hybridized carbons (Fsp3) is 0.579. The second-order valence-electron chi connectivity index (χ2n) is 6.57. The smallest absolute Gasteiger partial charge is 0.306 e. The van der Waals surface area contributed by atoms with E-state index in [1.807, 2.05) is 18.2 Å². The van der Waals surface area contributed by atoms with E-state index in [0.717, 1.165) is 36.3 Å². The average Bonchev–Trinajstić information content (AvgIpc) is 2.59. The minimum atomic E-state index is -0.112. The molecule has 0 radical (unpaired) electrons. The quantitative estimate of drug-likeness (QED) is 0.639. The molecule has 1 aliphatic heterocycles. The minimum absolute atomic E-state index is 0.0626. The number of carbonyl (C=O) groups is 2. The Morgan fingerprint density at radius 3 is 2.83 bits per heavy atom. The van der Waals surface area contributed by atoms with Crippen LogP contribution in [-0.4, -0.2) is 24.6 Å². The van der Waals surface area contributed by atoms with Gasteiger partial charge in [0, 0.05) is 18.5 Å². The van der Waals surface area contributed by atoms with Crippen LogP contribution in [0.1, 0.15) is 56.9 Å². The number of aryl methyl sites for hydroxylation is 1. The van der Waals surface area contributed by atoms with Crippen molar-refractivity contribution >= 4 is 17.6 Å². The molecule has 2 aliphatic rings. The third-order valence-electron chi connectivity index (χ3n) is 4.62. The normalized spacial score (nSPS) is 17.8. The van der Waals surface area contributed by atoms with Crippen LogP contribution >= 0.6 is 0 Å². The fourth-order valence-electron chi connectivity index (χ4n) is 3.28. The molecule has 0 aromatic heterocycles. The highest BCUT2D eigenvalue weighted by atomic mass is 16.5. The first-order valence-corrected chi connectivity index (χ1v) is 8.96. The summed E-state index contributed by atoms with van der Waals surface area (Å²) in [6, 6.07) is 5.69. The van der Waals surface area contributed by atoms with Crippen LogP contribution in [-0.2, 0) is 20.7 Å². The SMILES string of the molecule is O=C1CCc2cc(OCCCC(=O)OC3CCCCC3)ccc2N1. The number of hydrogen-bond donors (Lipinski definition) is 1. The molecule has 1 heterocycles. The number of anilines is 1. The number of ether oxygens (including phenoxy) is 2. The van der Waals surface area contributed by atoms with Gasteiger partial charge in [-0.15, -0.1) is 0 Å². The van der Waals surface area contributed by atoms with E-state index in [-0.39, 0.29) is 18.0 Å². The van der Waals surface area contributed by atoms with Crippen molar-refractivity contribution in [2.45, 2.75) is 63.9 Å². The predicted molar refractivity (Wildman–Crippen MR) is 91.1 cm³/mol. The van der Waals surface area contributed by atoms with E-state index < -0.39 is 0 Å². The lowest BCUT2D eigenvalue weighted by atomic mass is 9.98. The van der Waals surface area contributed by atoms with Crippen LogP contribution in [0.25, 0.3) is 0 Å². The first kappa shape index (κ1) is 16.8. The van der Waals surface area contributed by atoms with Crippen LogP contribution in [0.2, 0.25) is 0 Å². The van der Waals surface area contributed by atoms with Gasteiger partial charge in [0.15, 0.2) is 0 Å². The Morgan fingerprint density at radius 2 is 2.00 bits per heavy atom.